The summed E-state index contributed by atoms with van der Waals surface area (Å²) in [5, 5.41) is 3.56. The minimum Gasteiger partial charge on any atom is -0.493 e. The lowest BCUT2D eigenvalue weighted by molar-refractivity contribution is 0.357. The molecule has 1 nitrogen and oxygen atoms in total. The molecule has 0 amide bonds. The summed E-state index contributed by atoms with van der Waals surface area (Å²) < 4.78 is 8.06. The molecule has 1 aliphatic rings. The molecule has 1 aliphatic heterocycles. The second-order valence-corrected chi connectivity index (χ2v) is 7.79. The highest BCUT2D eigenvalue weighted by Crippen LogP contribution is 2.42. The molecule has 0 fully saturated rings. The Morgan fingerprint density at radius 1 is 1.19 bits per heavy atom. The second kappa shape index (κ2) is 5.41. The summed E-state index contributed by atoms with van der Waals surface area (Å²) in [6.45, 7) is 0.806. The maximum atomic E-state index is 5.59. The zero-order valence-electron chi connectivity index (χ0n) is 11.1. The minimum atomic E-state index is 0.214. The molecule has 2 heterocycles. The van der Waals surface area contributed by atoms with E-state index >= 15 is 0 Å². The average molecular weight is 424 g/mol. The van der Waals surface area contributed by atoms with Crippen molar-refractivity contribution in [2.45, 2.75) is 11.2 Å². The largest absolute Gasteiger partial charge is 0.493 e. The van der Waals surface area contributed by atoms with Crippen molar-refractivity contribution in [1.29, 1.82) is 0 Å². The van der Waals surface area contributed by atoms with Crippen molar-refractivity contribution in [3.63, 3.8) is 0 Å². The van der Waals surface area contributed by atoms with Gasteiger partial charge in [-0.2, -0.15) is 0 Å². The Bertz CT molecular complexity index is 825. The van der Waals surface area contributed by atoms with Crippen LogP contribution in [0, 0.1) is 0 Å². The Kier molecular flexibility index (Phi) is 3.56. The highest BCUT2D eigenvalue weighted by Gasteiger charge is 2.19. The van der Waals surface area contributed by atoms with Crippen LogP contribution in [0.1, 0.15) is 21.5 Å². The molecule has 106 valence electrons. The van der Waals surface area contributed by atoms with Crippen LogP contribution in [0.4, 0.5) is 0 Å². The van der Waals surface area contributed by atoms with Crippen LogP contribution in [0.2, 0.25) is 0 Å². The highest BCUT2D eigenvalue weighted by molar-refractivity contribution is 9.10. The Labute approximate surface area is 144 Å². The molecule has 0 spiro atoms. The van der Waals surface area contributed by atoms with Crippen LogP contribution in [0.15, 0.2) is 46.3 Å². The molecular weight excluding hydrogens is 412 g/mol. The topological polar surface area (TPSA) is 9.23 Å². The van der Waals surface area contributed by atoms with Gasteiger partial charge in [0.25, 0.3) is 0 Å². The van der Waals surface area contributed by atoms with Gasteiger partial charge < -0.3 is 4.74 Å². The fraction of sp³-hybridized carbons (Fsp3) is 0.176. The standard InChI is InChI=1S/C17H12Br2OS/c18-14-3-1-2-12-13(9-21-17(12)14)16(19)11-4-5-15-10(8-11)6-7-20-15/h1-5,8-9,16H,6-7H2. The van der Waals surface area contributed by atoms with Crippen molar-refractivity contribution in [2.24, 2.45) is 0 Å². The van der Waals surface area contributed by atoms with Crippen LogP contribution in [0.25, 0.3) is 10.1 Å². The van der Waals surface area contributed by atoms with Gasteiger partial charge in [-0.1, -0.05) is 40.2 Å². The summed E-state index contributed by atoms with van der Waals surface area (Å²) in [5.74, 6) is 1.04. The first-order valence-electron chi connectivity index (χ1n) is 6.79. The number of benzene rings is 2. The van der Waals surface area contributed by atoms with E-state index in [0.29, 0.717) is 0 Å². The molecule has 21 heavy (non-hydrogen) atoms. The van der Waals surface area contributed by atoms with Gasteiger partial charge >= 0.3 is 0 Å². The molecular formula is C17H12Br2OS. The predicted octanol–water partition coefficient (Wildman–Crippen LogP) is 6.08. The van der Waals surface area contributed by atoms with Crippen LogP contribution in [0.5, 0.6) is 5.75 Å². The number of hydrogen-bond acceptors (Lipinski definition) is 2. The highest BCUT2D eigenvalue weighted by atomic mass is 79.9. The summed E-state index contributed by atoms with van der Waals surface area (Å²) in [4.78, 5) is 0.214. The number of alkyl halides is 1. The number of halogens is 2. The van der Waals surface area contributed by atoms with E-state index in [9.17, 15) is 0 Å². The van der Waals surface area contributed by atoms with Crippen molar-refractivity contribution >= 4 is 53.3 Å². The molecule has 0 radical (unpaired) electrons. The lowest BCUT2D eigenvalue weighted by Gasteiger charge is -2.11. The van der Waals surface area contributed by atoms with Crippen molar-refractivity contribution in [3.05, 3.63) is 62.9 Å². The molecule has 0 saturated carbocycles. The van der Waals surface area contributed by atoms with Gasteiger partial charge in [0.1, 0.15) is 5.75 Å². The normalized spacial score (nSPS) is 15.0. The SMILES string of the molecule is Brc1cccc2c(C(Br)c3ccc4c(c3)CCO4)csc12. The lowest BCUT2D eigenvalue weighted by atomic mass is 10.0. The summed E-state index contributed by atoms with van der Waals surface area (Å²) in [6, 6.07) is 12.9. The van der Waals surface area contributed by atoms with Gasteiger partial charge in [0.05, 0.1) is 11.4 Å². The summed E-state index contributed by atoms with van der Waals surface area (Å²) in [6.07, 6.45) is 1.01. The van der Waals surface area contributed by atoms with Gasteiger partial charge in [0, 0.05) is 15.6 Å². The summed E-state index contributed by atoms with van der Waals surface area (Å²) in [5.41, 5.74) is 3.94. The summed E-state index contributed by atoms with van der Waals surface area (Å²) >= 11 is 9.30. The van der Waals surface area contributed by atoms with E-state index in [2.05, 4.69) is 73.6 Å². The quantitative estimate of drug-likeness (QED) is 0.453. The van der Waals surface area contributed by atoms with Crippen LogP contribution in [-0.4, -0.2) is 6.61 Å². The maximum absolute atomic E-state index is 5.59. The number of ether oxygens (including phenoxy) is 1. The Hall–Kier alpha value is -0.840. The van der Waals surface area contributed by atoms with E-state index in [1.54, 1.807) is 11.3 Å². The van der Waals surface area contributed by atoms with Gasteiger partial charge in [-0.3, -0.25) is 0 Å². The van der Waals surface area contributed by atoms with Gasteiger partial charge in [-0.05, 0) is 55.5 Å². The molecule has 0 aliphatic carbocycles. The third kappa shape index (κ3) is 2.33. The molecule has 2 aromatic carbocycles. The maximum Gasteiger partial charge on any atom is 0.122 e. The fourth-order valence-electron chi connectivity index (χ4n) is 2.78. The van der Waals surface area contributed by atoms with Gasteiger partial charge in [-0.15, -0.1) is 11.3 Å². The van der Waals surface area contributed by atoms with Crippen LogP contribution in [-0.2, 0) is 6.42 Å². The van der Waals surface area contributed by atoms with E-state index in [-0.39, 0.29) is 4.83 Å². The van der Waals surface area contributed by atoms with Gasteiger partial charge in [0.15, 0.2) is 0 Å². The third-order valence-electron chi connectivity index (χ3n) is 3.86. The molecule has 4 rings (SSSR count). The van der Waals surface area contributed by atoms with E-state index < -0.39 is 0 Å². The van der Waals surface area contributed by atoms with Crippen molar-refractivity contribution in [3.8, 4) is 5.75 Å². The zero-order valence-corrected chi connectivity index (χ0v) is 15.1. The molecule has 0 bridgehead atoms. The first-order chi connectivity index (χ1) is 10.2. The van der Waals surface area contributed by atoms with E-state index in [0.717, 1.165) is 18.8 Å². The first-order valence-corrected chi connectivity index (χ1v) is 9.38. The average Bonchev–Trinajstić information content (AvgIpc) is 3.13. The number of rotatable bonds is 2. The van der Waals surface area contributed by atoms with E-state index in [4.69, 9.17) is 4.74 Å². The van der Waals surface area contributed by atoms with Crippen molar-refractivity contribution < 1.29 is 4.74 Å². The van der Waals surface area contributed by atoms with Gasteiger partial charge in [-0.25, -0.2) is 0 Å². The molecule has 4 heteroatoms. The van der Waals surface area contributed by atoms with Gasteiger partial charge in [0.2, 0.25) is 0 Å². The van der Waals surface area contributed by atoms with Crippen LogP contribution < -0.4 is 4.74 Å². The molecule has 1 aromatic heterocycles. The van der Waals surface area contributed by atoms with E-state index in [1.807, 2.05) is 0 Å². The fourth-order valence-corrected chi connectivity index (χ4v) is 5.27. The second-order valence-electron chi connectivity index (χ2n) is 5.14. The Balaban J connectivity index is 1.79. The van der Waals surface area contributed by atoms with Crippen LogP contribution >= 0.6 is 43.2 Å². The number of hydrogen-bond donors (Lipinski definition) is 0. The summed E-state index contributed by atoms with van der Waals surface area (Å²) in [7, 11) is 0. The monoisotopic (exact) mass is 422 g/mol. The number of thiophene rings is 1. The van der Waals surface area contributed by atoms with Crippen molar-refractivity contribution in [1.82, 2.24) is 0 Å². The Morgan fingerprint density at radius 3 is 3.00 bits per heavy atom. The molecule has 1 atom stereocenters. The minimum absolute atomic E-state index is 0.214. The van der Waals surface area contributed by atoms with E-state index in [1.165, 1.54) is 31.2 Å². The molecule has 0 N–H and O–H groups in total. The predicted molar refractivity (Wildman–Crippen MR) is 95.9 cm³/mol. The first kappa shape index (κ1) is 13.8. The Morgan fingerprint density at radius 2 is 2.10 bits per heavy atom. The lowest BCUT2D eigenvalue weighted by Crippen LogP contribution is -1.92. The zero-order chi connectivity index (χ0) is 14.4. The van der Waals surface area contributed by atoms with Crippen molar-refractivity contribution in [2.75, 3.05) is 6.61 Å². The third-order valence-corrected chi connectivity index (χ3v) is 6.85. The number of fused-ring (bicyclic) bond motifs is 2. The molecule has 0 saturated heterocycles. The molecule has 3 aromatic rings. The van der Waals surface area contributed by atoms with Crippen LogP contribution in [0.3, 0.4) is 0 Å². The molecule has 1 unspecified atom stereocenters. The smallest absolute Gasteiger partial charge is 0.122 e.